The second kappa shape index (κ2) is 8.99. The molecule has 1 aromatic rings. The highest BCUT2D eigenvalue weighted by atomic mass is 35.5. The minimum atomic E-state index is -3.70. The molecular weight excluding hydrogens is 340 g/mol. The number of carbonyl (C=O) groups excluding carboxylic acids is 1. The number of nitrogens with one attached hydrogen (secondary N) is 2. The van der Waals surface area contributed by atoms with Gasteiger partial charge >= 0.3 is 0 Å². The van der Waals surface area contributed by atoms with Crippen molar-refractivity contribution in [1.82, 2.24) is 10.0 Å². The first kappa shape index (κ1) is 20.7. The molecule has 0 aliphatic rings. The van der Waals surface area contributed by atoms with Gasteiger partial charge in [-0.2, -0.15) is 0 Å². The largest absolute Gasteiger partial charge is 0.350 e. The lowest BCUT2D eigenvalue weighted by Gasteiger charge is -2.14. The van der Waals surface area contributed by atoms with E-state index in [1.807, 2.05) is 5.32 Å². The Hall–Kier alpha value is -1.29. The topological polar surface area (TPSA) is 101 Å². The van der Waals surface area contributed by atoms with E-state index in [9.17, 15) is 22.0 Å². The molecule has 0 atom stereocenters. The summed E-state index contributed by atoms with van der Waals surface area (Å²) in [5.41, 5.74) is 4.82. The Morgan fingerprint density at radius 2 is 1.82 bits per heavy atom. The SMILES string of the molecule is Cl.NCC(F)(F)CNC(=O)CCNS(=O)(=O)c1ccccc1. The molecule has 1 amide bonds. The van der Waals surface area contributed by atoms with Gasteiger partial charge in [0.05, 0.1) is 18.0 Å². The number of rotatable bonds is 8. The molecular formula is C12H18ClF2N3O3S. The van der Waals surface area contributed by atoms with Crippen molar-refractivity contribution in [2.24, 2.45) is 5.73 Å². The molecule has 1 aromatic carbocycles. The van der Waals surface area contributed by atoms with E-state index in [0.29, 0.717) is 0 Å². The number of benzene rings is 1. The highest BCUT2D eigenvalue weighted by Gasteiger charge is 2.27. The van der Waals surface area contributed by atoms with E-state index in [2.05, 4.69) is 4.72 Å². The third-order valence-corrected chi connectivity index (χ3v) is 4.02. The number of sulfonamides is 1. The van der Waals surface area contributed by atoms with Crippen LogP contribution in [-0.4, -0.2) is 39.9 Å². The molecule has 4 N–H and O–H groups in total. The Kier molecular flexibility index (Phi) is 8.46. The van der Waals surface area contributed by atoms with E-state index < -0.39 is 34.9 Å². The van der Waals surface area contributed by atoms with Crippen LogP contribution >= 0.6 is 12.4 Å². The van der Waals surface area contributed by atoms with Gasteiger partial charge in [0.1, 0.15) is 0 Å². The molecule has 0 saturated carbocycles. The van der Waals surface area contributed by atoms with Crippen molar-refractivity contribution in [1.29, 1.82) is 0 Å². The normalized spacial score (nSPS) is 11.6. The lowest BCUT2D eigenvalue weighted by atomic mass is 10.3. The highest BCUT2D eigenvalue weighted by Crippen LogP contribution is 2.09. The molecule has 0 heterocycles. The third kappa shape index (κ3) is 7.12. The van der Waals surface area contributed by atoms with Crippen molar-refractivity contribution in [2.75, 3.05) is 19.6 Å². The lowest BCUT2D eigenvalue weighted by molar-refractivity contribution is -0.122. The molecule has 0 aromatic heterocycles. The smallest absolute Gasteiger partial charge is 0.277 e. The predicted molar refractivity (Wildman–Crippen MR) is 80.5 cm³/mol. The van der Waals surface area contributed by atoms with Crippen LogP contribution in [0.1, 0.15) is 6.42 Å². The fourth-order valence-corrected chi connectivity index (χ4v) is 2.42. The van der Waals surface area contributed by atoms with Crippen molar-refractivity contribution in [2.45, 2.75) is 17.2 Å². The average molecular weight is 358 g/mol. The monoisotopic (exact) mass is 357 g/mol. The second-order valence-corrected chi connectivity index (χ2v) is 6.06. The Balaban J connectivity index is 0.00000441. The number of halogens is 3. The highest BCUT2D eigenvalue weighted by molar-refractivity contribution is 7.89. The second-order valence-electron chi connectivity index (χ2n) is 4.30. The molecule has 0 bridgehead atoms. The Morgan fingerprint density at radius 3 is 2.36 bits per heavy atom. The van der Waals surface area contributed by atoms with Crippen LogP contribution in [0.5, 0.6) is 0 Å². The summed E-state index contributed by atoms with van der Waals surface area (Å²) in [6.07, 6.45) is -0.243. The van der Waals surface area contributed by atoms with Crippen LogP contribution in [0.4, 0.5) is 8.78 Å². The van der Waals surface area contributed by atoms with Gasteiger partial charge in [0.2, 0.25) is 15.9 Å². The first-order valence-electron chi connectivity index (χ1n) is 6.16. The van der Waals surface area contributed by atoms with Crippen LogP contribution < -0.4 is 15.8 Å². The summed E-state index contributed by atoms with van der Waals surface area (Å²) in [5.74, 6) is -3.85. The van der Waals surface area contributed by atoms with Gasteiger partial charge in [-0.3, -0.25) is 4.79 Å². The van der Waals surface area contributed by atoms with Gasteiger partial charge in [-0.25, -0.2) is 21.9 Å². The van der Waals surface area contributed by atoms with Crippen LogP contribution in [0.15, 0.2) is 35.2 Å². The zero-order valence-electron chi connectivity index (χ0n) is 11.6. The third-order valence-electron chi connectivity index (χ3n) is 2.54. The molecule has 22 heavy (non-hydrogen) atoms. The van der Waals surface area contributed by atoms with E-state index in [0.717, 1.165) is 0 Å². The molecule has 1 rings (SSSR count). The fourth-order valence-electron chi connectivity index (χ4n) is 1.37. The van der Waals surface area contributed by atoms with Crippen LogP contribution in [0.2, 0.25) is 0 Å². The first-order chi connectivity index (χ1) is 9.77. The summed E-state index contributed by atoms with van der Waals surface area (Å²) >= 11 is 0. The van der Waals surface area contributed by atoms with Crippen LogP contribution in [0.3, 0.4) is 0 Å². The molecule has 0 radical (unpaired) electrons. The molecule has 10 heteroatoms. The van der Waals surface area contributed by atoms with E-state index in [1.54, 1.807) is 18.2 Å². The minimum absolute atomic E-state index is 0. The van der Waals surface area contributed by atoms with Gasteiger partial charge in [0.15, 0.2) is 0 Å². The van der Waals surface area contributed by atoms with Crippen LogP contribution in [-0.2, 0) is 14.8 Å². The van der Waals surface area contributed by atoms with Crippen LogP contribution in [0, 0.1) is 0 Å². The quantitative estimate of drug-likeness (QED) is 0.630. The molecule has 0 aliphatic heterocycles. The molecule has 0 saturated heterocycles. The van der Waals surface area contributed by atoms with Crippen molar-refractivity contribution in [3.63, 3.8) is 0 Å². The van der Waals surface area contributed by atoms with Gasteiger partial charge in [-0.05, 0) is 12.1 Å². The zero-order chi connectivity index (χ0) is 15.9. The van der Waals surface area contributed by atoms with Gasteiger partial charge in [-0.1, -0.05) is 18.2 Å². The van der Waals surface area contributed by atoms with E-state index >= 15 is 0 Å². The average Bonchev–Trinajstić information content (AvgIpc) is 2.46. The maximum atomic E-state index is 12.8. The zero-order valence-corrected chi connectivity index (χ0v) is 13.2. The van der Waals surface area contributed by atoms with Crippen molar-refractivity contribution < 1.29 is 22.0 Å². The number of carbonyl (C=O) groups is 1. The molecule has 0 unspecified atom stereocenters. The summed E-state index contributed by atoms with van der Waals surface area (Å²) in [6, 6.07) is 7.62. The molecule has 126 valence electrons. The maximum absolute atomic E-state index is 12.8. The standard InChI is InChI=1S/C12H17F2N3O3S.ClH/c13-12(14,8-15)9-16-11(18)6-7-17-21(19,20)10-4-2-1-3-5-10;/h1-5,17H,6-9,15H2,(H,16,18);1H. The lowest BCUT2D eigenvalue weighted by Crippen LogP contribution is -2.42. The van der Waals surface area contributed by atoms with Crippen molar-refractivity contribution in [3.8, 4) is 0 Å². The molecule has 0 fully saturated rings. The fraction of sp³-hybridized carbons (Fsp3) is 0.417. The Morgan fingerprint density at radius 1 is 1.23 bits per heavy atom. The summed E-state index contributed by atoms with van der Waals surface area (Å²) in [6.45, 7) is -1.92. The number of hydrogen-bond acceptors (Lipinski definition) is 4. The van der Waals surface area contributed by atoms with Gasteiger partial charge < -0.3 is 11.1 Å². The number of hydrogen-bond donors (Lipinski definition) is 3. The molecule has 0 aliphatic carbocycles. The predicted octanol–water partition coefficient (Wildman–Crippen LogP) is 0.487. The van der Waals surface area contributed by atoms with E-state index in [1.165, 1.54) is 12.1 Å². The van der Waals surface area contributed by atoms with Crippen molar-refractivity contribution in [3.05, 3.63) is 30.3 Å². The minimum Gasteiger partial charge on any atom is -0.350 e. The number of amides is 1. The first-order valence-corrected chi connectivity index (χ1v) is 7.64. The van der Waals surface area contributed by atoms with Gasteiger partial charge in [0.25, 0.3) is 5.92 Å². The van der Waals surface area contributed by atoms with Crippen LogP contribution in [0.25, 0.3) is 0 Å². The van der Waals surface area contributed by atoms with Gasteiger partial charge in [0, 0.05) is 13.0 Å². The van der Waals surface area contributed by atoms with E-state index in [-0.39, 0.29) is 30.3 Å². The number of alkyl halides is 2. The maximum Gasteiger partial charge on any atom is 0.277 e. The Labute approximate surface area is 133 Å². The summed E-state index contributed by atoms with van der Waals surface area (Å²) in [7, 11) is -3.70. The van der Waals surface area contributed by atoms with Crippen molar-refractivity contribution >= 4 is 28.3 Å². The Bertz CT molecular complexity index is 570. The summed E-state index contributed by atoms with van der Waals surface area (Å²) in [5, 5.41) is 2.00. The number of nitrogens with two attached hydrogens (primary N) is 1. The van der Waals surface area contributed by atoms with Gasteiger partial charge in [-0.15, -0.1) is 12.4 Å². The molecule has 6 nitrogen and oxygen atoms in total. The molecule has 0 spiro atoms. The summed E-state index contributed by atoms with van der Waals surface area (Å²) in [4.78, 5) is 11.4. The van der Waals surface area contributed by atoms with E-state index in [4.69, 9.17) is 5.73 Å². The summed E-state index contributed by atoms with van der Waals surface area (Å²) < 4.78 is 51.4.